The van der Waals surface area contributed by atoms with Gasteiger partial charge in [0.2, 0.25) is 0 Å². The molecule has 5 rings (SSSR count). The Morgan fingerprint density at radius 1 is 1.14 bits per heavy atom. The number of hydrogen-bond acceptors (Lipinski definition) is 5. The van der Waals surface area contributed by atoms with Crippen LogP contribution in [-0.4, -0.2) is 62.3 Å². The predicted octanol–water partition coefficient (Wildman–Crippen LogP) is 4.59. The van der Waals surface area contributed by atoms with E-state index in [4.69, 9.17) is 4.74 Å². The van der Waals surface area contributed by atoms with Crippen LogP contribution in [0, 0.1) is 13.8 Å². The van der Waals surface area contributed by atoms with Gasteiger partial charge in [0, 0.05) is 68.5 Å². The summed E-state index contributed by atoms with van der Waals surface area (Å²) in [6.45, 7) is 12.0. The van der Waals surface area contributed by atoms with Gasteiger partial charge in [-0.05, 0) is 74.6 Å². The minimum Gasteiger partial charge on any atom is -0.493 e. The molecule has 1 amide bonds. The number of pyridine rings is 1. The molecule has 36 heavy (non-hydrogen) atoms. The second-order valence-electron chi connectivity index (χ2n) is 10.1. The number of piperazine rings is 1. The van der Waals surface area contributed by atoms with Crippen LogP contribution in [0.5, 0.6) is 5.75 Å². The van der Waals surface area contributed by atoms with Gasteiger partial charge in [0.15, 0.2) is 0 Å². The van der Waals surface area contributed by atoms with Gasteiger partial charge in [-0.25, -0.2) is 0 Å². The SMILES string of the molecule is CCc1ccc(C(=O)N2C[C@H]3C[C@@H]2CN3[C@@H](C)c2ccc(OCCCn3cccn3)c(C)c2C)cn1. The molecule has 2 fully saturated rings. The Bertz CT molecular complexity index is 1190. The van der Waals surface area contributed by atoms with Crippen molar-refractivity contribution in [2.24, 2.45) is 0 Å². The Labute approximate surface area is 214 Å². The van der Waals surface area contributed by atoms with E-state index in [0.29, 0.717) is 24.3 Å². The molecule has 2 bridgehead atoms. The minimum atomic E-state index is 0.117. The van der Waals surface area contributed by atoms with Crippen molar-refractivity contribution in [3.05, 3.63) is 76.9 Å². The molecule has 4 heterocycles. The van der Waals surface area contributed by atoms with Gasteiger partial charge in [-0.15, -0.1) is 0 Å². The van der Waals surface area contributed by atoms with E-state index in [1.165, 1.54) is 16.7 Å². The monoisotopic (exact) mass is 487 g/mol. The van der Waals surface area contributed by atoms with Crippen LogP contribution in [0.2, 0.25) is 0 Å². The third kappa shape index (κ3) is 4.76. The van der Waals surface area contributed by atoms with Crippen molar-refractivity contribution >= 4 is 5.91 Å². The summed E-state index contributed by atoms with van der Waals surface area (Å²) in [4.78, 5) is 22.2. The number of hydrogen-bond donors (Lipinski definition) is 0. The van der Waals surface area contributed by atoms with Crippen molar-refractivity contribution in [2.45, 2.75) is 71.6 Å². The molecule has 7 heteroatoms. The fourth-order valence-electron chi connectivity index (χ4n) is 5.79. The molecule has 2 aromatic heterocycles. The van der Waals surface area contributed by atoms with E-state index in [0.717, 1.165) is 50.3 Å². The number of fused-ring (bicyclic) bond motifs is 2. The van der Waals surface area contributed by atoms with E-state index in [1.807, 2.05) is 29.1 Å². The highest BCUT2D eigenvalue weighted by Crippen LogP contribution is 2.39. The zero-order chi connectivity index (χ0) is 25.2. The quantitative estimate of drug-likeness (QED) is 0.413. The number of carbonyl (C=O) groups is 1. The van der Waals surface area contributed by atoms with Crippen molar-refractivity contribution in [2.75, 3.05) is 19.7 Å². The number of benzene rings is 1. The van der Waals surface area contributed by atoms with Gasteiger partial charge in [-0.2, -0.15) is 5.10 Å². The van der Waals surface area contributed by atoms with E-state index in [2.05, 4.69) is 59.7 Å². The average molecular weight is 488 g/mol. The molecule has 2 aliphatic heterocycles. The maximum atomic E-state index is 13.1. The third-order valence-electron chi connectivity index (χ3n) is 8.05. The molecular formula is C29H37N5O2. The van der Waals surface area contributed by atoms with Gasteiger partial charge >= 0.3 is 0 Å². The van der Waals surface area contributed by atoms with Gasteiger partial charge < -0.3 is 9.64 Å². The van der Waals surface area contributed by atoms with Crippen LogP contribution < -0.4 is 4.74 Å². The Morgan fingerprint density at radius 2 is 2.00 bits per heavy atom. The highest BCUT2D eigenvalue weighted by atomic mass is 16.5. The number of ether oxygens (including phenoxy) is 1. The molecule has 0 N–H and O–H groups in total. The normalized spacial score (nSPS) is 20.2. The summed E-state index contributed by atoms with van der Waals surface area (Å²) >= 11 is 0. The van der Waals surface area contributed by atoms with Gasteiger partial charge in [0.1, 0.15) is 5.75 Å². The summed E-state index contributed by atoms with van der Waals surface area (Å²) < 4.78 is 8.05. The van der Waals surface area contributed by atoms with Crippen molar-refractivity contribution in [3.63, 3.8) is 0 Å². The lowest BCUT2D eigenvalue weighted by atomic mass is 9.96. The average Bonchev–Trinajstić information content (AvgIpc) is 3.66. The summed E-state index contributed by atoms with van der Waals surface area (Å²) in [5.74, 6) is 1.08. The van der Waals surface area contributed by atoms with Crippen molar-refractivity contribution in [1.82, 2.24) is 24.6 Å². The van der Waals surface area contributed by atoms with Crippen LogP contribution in [0.3, 0.4) is 0 Å². The number of aromatic nitrogens is 3. The topological polar surface area (TPSA) is 63.5 Å². The smallest absolute Gasteiger partial charge is 0.255 e. The maximum absolute atomic E-state index is 13.1. The summed E-state index contributed by atoms with van der Waals surface area (Å²) in [5, 5.41) is 4.25. The largest absolute Gasteiger partial charge is 0.493 e. The molecule has 190 valence electrons. The van der Waals surface area contributed by atoms with Crippen molar-refractivity contribution < 1.29 is 9.53 Å². The Kier molecular flexibility index (Phi) is 7.10. The van der Waals surface area contributed by atoms with Gasteiger partial charge in [-0.1, -0.05) is 13.0 Å². The molecular weight excluding hydrogens is 450 g/mol. The first-order valence-electron chi connectivity index (χ1n) is 13.2. The first-order chi connectivity index (χ1) is 17.5. The van der Waals surface area contributed by atoms with E-state index >= 15 is 0 Å². The molecule has 0 saturated carbocycles. The number of amides is 1. The zero-order valence-corrected chi connectivity index (χ0v) is 21.9. The van der Waals surface area contributed by atoms with Gasteiger partial charge in [-0.3, -0.25) is 19.4 Å². The maximum Gasteiger partial charge on any atom is 0.255 e. The van der Waals surface area contributed by atoms with Crippen LogP contribution >= 0.6 is 0 Å². The van der Waals surface area contributed by atoms with Crippen molar-refractivity contribution in [1.29, 1.82) is 0 Å². The fourth-order valence-corrected chi connectivity index (χ4v) is 5.79. The Morgan fingerprint density at radius 3 is 2.67 bits per heavy atom. The molecule has 0 aliphatic carbocycles. The lowest BCUT2D eigenvalue weighted by Gasteiger charge is -2.38. The number of carbonyl (C=O) groups excluding carboxylic acids is 1. The number of rotatable bonds is 9. The highest BCUT2D eigenvalue weighted by molar-refractivity contribution is 5.94. The number of aryl methyl sites for hydroxylation is 2. The first kappa shape index (κ1) is 24.5. The summed E-state index contributed by atoms with van der Waals surface area (Å²) in [5.41, 5.74) is 5.57. The molecule has 1 aromatic carbocycles. The molecule has 3 aromatic rings. The summed E-state index contributed by atoms with van der Waals surface area (Å²) in [7, 11) is 0. The molecule has 2 aliphatic rings. The minimum absolute atomic E-state index is 0.117. The van der Waals surface area contributed by atoms with Crippen LogP contribution in [-0.2, 0) is 13.0 Å². The first-order valence-corrected chi connectivity index (χ1v) is 13.2. The third-order valence-corrected chi connectivity index (χ3v) is 8.05. The molecule has 2 saturated heterocycles. The van der Waals surface area contributed by atoms with E-state index in [9.17, 15) is 4.79 Å². The number of likely N-dealkylation sites (tertiary alicyclic amines) is 2. The van der Waals surface area contributed by atoms with Gasteiger partial charge in [0.05, 0.1) is 12.2 Å². The number of nitrogens with zero attached hydrogens (tertiary/aromatic N) is 5. The highest BCUT2D eigenvalue weighted by Gasteiger charge is 2.47. The standard InChI is InChI=1S/C29H37N5O2/c1-5-24-9-8-23(17-30-24)29(35)34-19-25-16-26(34)18-33(25)22(4)27-10-11-28(21(3)20(27)2)36-15-7-14-32-13-6-12-31-32/h6,8-13,17,22,25-26H,5,7,14-16,18-19H2,1-4H3/t22-,25+,26+/m0/s1. The Balaban J connectivity index is 1.19. The van der Waals surface area contributed by atoms with Crippen LogP contribution in [0.4, 0.5) is 0 Å². The summed E-state index contributed by atoms with van der Waals surface area (Å²) in [6, 6.07) is 11.2. The molecule has 0 unspecified atom stereocenters. The summed E-state index contributed by atoms with van der Waals surface area (Å²) in [6.07, 6.45) is 8.37. The second kappa shape index (κ2) is 10.4. The van der Waals surface area contributed by atoms with E-state index < -0.39 is 0 Å². The van der Waals surface area contributed by atoms with Crippen molar-refractivity contribution in [3.8, 4) is 5.75 Å². The molecule has 7 nitrogen and oxygen atoms in total. The Hall–Kier alpha value is -3.19. The van der Waals surface area contributed by atoms with Gasteiger partial charge in [0.25, 0.3) is 5.91 Å². The van der Waals surface area contributed by atoms with E-state index in [1.54, 1.807) is 12.4 Å². The fraction of sp³-hybridized carbons (Fsp3) is 0.483. The van der Waals surface area contributed by atoms with Crippen LogP contribution in [0.1, 0.15) is 65.5 Å². The molecule has 0 radical (unpaired) electrons. The molecule has 0 spiro atoms. The zero-order valence-electron chi connectivity index (χ0n) is 21.9. The molecule has 3 atom stereocenters. The van der Waals surface area contributed by atoms with Crippen LogP contribution in [0.25, 0.3) is 0 Å². The predicted molar refractivity (Wildman–Crippen MR) is 140 cm³/mol. The van der Waals surface area contributed by atoms with E-state index in [-0.39, 0.29) is 11.9 Å². The lowest BCUT2D eigenvalue weighted by Crippen LogP contribution is -2.49. The lowest BCUT2D eigenvalue weighted by molar-refractivity contribution is 0.0568. The van der Waals surface area contributed by atoms with Crippen LogP contribution in [0.15, 0.2) is 48.9 Å². The second-order valence-corrected chi connectivity index (χ2v) is 10.1.